The monoisotopic (exact) mass is 655 g/mol. The summed E-state index contributed by atoms with van der Waals surface area (Å²) in [7, 11) is 0. The van der Waals surface area contributed by atoms with E-state index in [1.807, 2.05) is 34.1 Å². The summed E-state index contributed by atoms with van der Waals surface area (Å²) < 4.78 is 31.4. The second-order valence-electron chi connectivity index (χ2n) is 13.6. The third kappa shape index (κ3) is 6.79. The number of amides is 3. The molecule has 0 radical (unpaired) electrons. The molecule has 0 spiro atoms. The van der Waals surface area contributed by atoms with E-state index in [4.69, 9.17) is 0 Å². The highest BCUT2D eigenvalue weighted by Crippen LogP contribution is 2.35. The third-order valence-electron chi connectivity index (χ3n) is 10.6. The number of rotatable bonds is 9. The van der Waals surface area contributed by atoms with Gasteiger partial charge in [-0.1, -0.05) is 72.8 Å². The molecule has 10 heteroatoms. The van der Waals surface area contributed by atoms with Crippen LogP contribution in [0.2, 0.25) is 0 Å². The zero-order valence-electron chi connectivity index (χ0n) is 27.2. The van der Waals surface area contributed by atoms with Gasteiger partial charge in [-0.3, -0.25) is 34.4 Å². The highest BCUT2D eigenvalue weighted by molar-refractivity contribution is 6.05. The number of likely N-dealkylation sites (tertiary alicyclic amines) is 1. The number of piperidine rings is 2. The van der Waals surface area contributed by atoms with E-state index in [9.17, 15) is 14.4 Å². The molecule has 4 aliphatic rings. The lowest BCUT2D eigenvalue weighted by molar-refractivity contribution is -0.137. The number of nitrogens with one attached hydrogen (secondary N) is 1. The molecule has 2 atom stereocenters. The van der Waals surface area contributed by atoms with Crippen LogP contribution < -0.4 is 5.32 Å². The molecule has 48 heavy (non-hydrogen) atoms. The number of alkyl halides is 2. The number of aryl methyl sites for hydroxylation is 1. The SMILES string of the molecule is O=C1CCC(N2Cc3cc(CCCN4CCC(N5CCN(C(c6ccccc6)c6ccccc6)CC5)C(F)(F)C4)ccc3C2=O)C(=O)N1. The molecule has 4 heterocycles. The molecule has 3 saturated heterocycles. The molecular formula is C38H43F2N5O3. The molecule has 7 rings (SSSR count). The first kappa shape index (κ1) is 32.6. The van der Waals surface area contributed by atoms with Gasteiger partial charge in [-0.25, -0.2) is 8.78 Å². The van der Waals surface area contributed by atoms with Gasteiger partial charge >= 0.3 is 0 Å². The van der Waals surface area contributed by atoms with Gasteiger partial charge in [0.2, 0.25) is 11.8 Å². The Hall–Kier alpha value is -3.99. The summed E-state index contributed by atoms with van der Waals surface area (Å²) in [6.07, 6.45) is 2.46. The minimum Gasteiger partial charge on any atom is -0.322 e. The van der Waals surface area contributed by atoms with Gasteiger partial charge in [-0.15, -0.1) is 0 Å². The fraction of sp³-hybridized carbons (Fsp3) is 0.447. The van der Waals surface area contributed by atoms with Crippen molar-refractivity contribution in [3.63, 3.8) is 0 Å². The van der Waals surface area contributed by atoms with Crippen LogP contribution >= 0.6 is 0 Å². The lowest BCUT2D eigenvalue weighted by atomic mass is 9.95. The fourth-order valence-electron chi connectivity index (χ4n) is 8.12. The Balaban J connectivity index is 0.901. The largest absolute Gasteiger partial charge is 0.322 e. The summed E-state index contributed by atoms with van der Waals surface area (Å²) in [5, 5.41) is 2.33. The number of carbonyl (C=O) groups is 3. The Morgan fingerprint density at radius 2 is 1.52 bits per heavy atom. The van der Waals surface area contributed by atoms with Gasteiger partial charge < -0.3 is 4.90 Å². The maximum absolute atomic E-state index is 15.7. The van der Waals surface area contributed by atoms with Gasteiger partial charge in [0.15, 0.2) is 0 Å². The predicted molar refractivity (Wildman–Crippen MR) is 178 cm³/mol. The number of halogens is 2. The van der Waals surface area contributed by atoms with Crippen molar-refractivity contribution in [1.82, 2.24) is 24.9 Å². The van der Waals surface area contributed by atoms with E-state index in [0.29, 0.717) is 51.1 Å². The summed E-state index contributed by atoms with van der Waals surface area (Å²) in [6, 6.07) is 25.3. The third-order valence-corrected chi connectivity index (χ3v) is 10.6. The number of imide groups is 1. The second kappa shape index (κ2) is 13.9. The first-order valence-corrected chi connectivity index (χ1v) is 17.2. The Morgan fingerprint density at radius 1 is 0.833 bits per heavy atom. The number of hydrogen-bond acceptors (Lipinski definition) is 6. The molecule has 3 aromatic carbocycles. The van der Waals surface area contributed by atoms with Crippen molar-refractivity contribution in [1.29, 1.82) is 0 Å². The van der Waals surface area contributed by atoms with Gasteiger partial charge in [0.05, 0.1) is 18.6 Å². The van der Waals surface area contributed by atoms with Crippen molar-refractivity contribution < 1.29 is 23.2 Å². The van der Waals surface area contributed by atoms with Crippen molar-refractivity contribution in [2.45, 2.75) is 62.7 Å². The maximum atomic E-state index is 15.7. The molecule has 0 bridgehead atoms. The van der Waals surface area contributed by atoms with Crippen LogP contribution in [0.1, 0.15) is 64.3 Å². The van der Waals surface area contributed by atoms with Crippen LogP contribution in [-0.2, 0) is 22.6 Å². The highest BCUT2D eigenvalue weighted by atomic mass is 19.3. The number of piperazine rings is 1. The number of fused-ring (bicyclic) bond motifs is 1. The van der Waals surface area contributed by atoms with Crippen LogP contribution in [0.15, 0.2) is 78.9 Å². The standard InChI is InChI=1S/C38H43F2N5O3/c39-38(40)26-42(18-7-8-27-13-14-31-30(24-27)25-45(37(31)48)32-15-16-34(46)41-36(32)47)19-17-33(38)43-20-22-44(23-21-43)35(28-9-3-1-4-10-28)29-11-5-2-6-12-29/h1-6,9-14,24,32-33,35H,7-8,15-23,25-26H2,(H,41,46,47). The quantitative estimate of drug-likeness (QED) is 0.343. The lowest BCUT2D eigenvalue weighted by Crippen LogP contribution is -2.62. The van der Waals surface area contributed by atoms with E-state index in [0.717, 1.165) is 37.1 Å². The van der Waals surface area contributed by atoms with E-state index in [2.05, 4.69) is 58.7 Å². The van der Waals surface area contributed by atoms with E-state index in [1.165, 1.54) is 11.1 Å². The average molecular weight is 656 g/mol. The summed E-state index contributed by atoms with van der Waals surface area (Å²) in [5.74, 6) is -3.70. The van der Waals surface area contributed by atoms with Gasteiger partial charge in [-0.2, -0.15) is 0 Å². The number of hydrogen-bond donors (Lipinski definition) is 1. The molecule has 1 N–H and O–H groups in total. The molecule has 0 aliphatic carbocycles. The summed E-state index contributed by atoms with van der Waals surface area (Å²) >= 11 is 0. The highest BCUT2D eigenvalue weighted by Gasteiger charge is 2.48. The molecule has 0 aromatic heterocycles. The van der Waals surface area contributed by atoms with E-state index >= 15 is 8.78 Å². The van der Waals surface area contributed by atoms with Gasteiger partial charge in [0.25, 0.3) is 11.8 Å². The maximum Gasteiger partial charge on any atom is 0.275 e. The van der Waals surface area contributed by atoms with Crippen LogP contribution in [0.3, 0.4) is 0 Å². The van der Waals surface area contributed by atoms with Crippen LogP contribution in [0, 0.1) is 0 Å². The van der Waals surface area contributed by atoms with E-state index in [-0.39, 0.29) is 30.8 Å². The van der Waals surface area contributed by atoms with E-state index in [1.54, 1.807) is 11.0 Å². The number of carbonyl (C=O) groups excluding carboxylic acids is 3. The number of nitrogens with zero attached hydrogens (tertiary/aromatic N) is 4. The summed E-state index contributed by atoms with van der Waals surface area (Å²) in [6.45, 7) is 4.07. The molecule has 252 valence electrons. The van der Waals surface area contributed by atoms with Crippen LogP contribution in [0.5, 0.6) is 0 Å². The van der Waals surface area contributed by atoms with Gasteiger partial charge in [-0.05, 0) is 60.5 Å². The molecule has 3 fully saturated rings. The van der Waals surface area contributed by atoms with E-state index < -0.39 is 23.9 Å². The van der Waals surface area contributed by atoms with Crippen molar-refractivity contribution >= 4 is 17.7 Å². The average Bonchev–Trinajstić information content (AvgIpc) is 3.41. The molecule has 3 aromatic rings. The van der Waals surface area contributed by atoms with Crippen LogP contribution in [0.25, 0.3) is 0 Å². The number of benzene rings is 3. The Bertz CT molecular complexity index is 1590. The first-order valence-electron chi connectivity index (χ1n) is 17.2. The van der Waals surface area contributed by atoms with Crippen LogP contribution in [0.4, 0.5) is 8.78 Å². The minimum atomic E-state index is -2.79. The molecule has 3 amide bonds. The summed E-state index contributed by atoms with van der Waals surface area (Å²) in [4.78, 5) is 44.8. The zero-order valence-corrected chi connectivity index (χ0v) is 27.2. The van der Waals surface area contributed by atoms with Crippen LogP contribution in [-0.4, -0.2) is 101 Å². The summed E-state index contributed by atoms with van der Waals surface area (Å²) in [5.41, 5.74) is 4.95. The van der Waals surface area contributed by atoms with Crippen molar-refractivity contribution in [2.24, 2.45) is 0 Å². The Labute approximate surface area is 280 Å². The van der Waals surface area contributed by atoms with Crippen molar-refractivity contribution in [3.05, 3.63) is 107 Å². The second-order valence-corrected chi connectivity index (χ2v) is 13.6. The minimum absolute atomic E-state index is 0.104. The van der Waals surface area contributed by atoms with Gasteiger partial charge in [0, 0.05) is 51.3 Å². The molecule has 4 aliphatic heterocycles. The molecule has 2 unspecified atom stereocenters. The topological polar surface area (TPSA) is 76.2 Å². The van der Waals surface area contributed by atoms with Gasteiger partial charge in [0.1, 0.15) is 6.04 Å². The first-order chi connectivity index (χ1) is 23.3. The molecular weight excluding hydrogens is 612 g/mol. The molecule has 8 nitrogen and oxygen atoms in total. The van der Waals surface area contributed by atoms with Crippen molar-refractivity contribution in [3.8, 4) is 0 Å². The zero-order chi connectivity index (χ0) is 33.3. The normalized spacial score (nSPS) is 23.8. The Kier molecular flexibility index (Phi) is 9.40. The van der Waals surface area contributed by atoms with Crippen molar-refractivity contribution in [2.75, 3.05) is 45.8 Å². The molecule has 0 saturated carbocycles. The Morgan fingerprint density at radius 3 is 2.17 bits per heavy atom. The fourth-order valence-corrected chi connectivity index (χ4v) is 8.12. The predicted octanol–water partition coefficient (Wildman–Crippen LogP) is 4.50. The smallest absolute Gasteiger partial charge is 0.275 e. The lowest BCUT2D eigenvalue weighted by Gasteiger charge is -2.47.